The summed E-state index contributed by atoms with van der Waals surface area (Å²) >= 11 is 29.1. The van der Waals surface area contributed by atoms with Crippen molar-refractivity contribution in [3.05, 3.63) is 49.1 Å². The maximum Gasteiger partial charge on any atom is 0.359 e. The number of nitrogens with two attached hydrogens (primary N) is 1. The van der Waals surface area contributed by atoms with E-state index in [4.69, 9.17) is 68.5 Å². The van der Waals surface area contributed by atoms with Gasteiger partial charge in [-0.15, -0.1) is 0 Å². The molecule has 2 rings (SSSR count). The van der Waals surface area contributed by atoms with Crippen LogP contribution < -0.4 is 11.1 Å². The summed E-state index contributed by atoms with van der Waals surface area (Å²) in [7, 11) is 0. The molecule has 0 radical (unpaired) electrons. The van der Waals surface area contributed by atoms with Gasteiger partial charge in [0.25, 0.3) is 5.91 Å². The molecule has 0 unspecified atom stereocenters. The Morgan fingerprint density at radius 2 is 1.80 bits per heavy atom. The molecule has 0 atom stereocenters. The predicted octanol–water partition coefficient (Wildman–Crippen LogP) is 4.73. The third-order valence-electron chi connectivity index (χ3n) is 2.80. The summed E-state index contributed by atoms with van der Waals surface area (Å²) in [6.45, 7) is -0.625. The van der Waals surface area contributed by atoms with E-state index in [0.717, 1.165) is 0 Å². The summed E-state index contributed by atoms with van der Waals surface area (Å²) in [5, 5.41) is 2.56. The van der Waals surface area contributed by atoms with Crippen LogP contribution in [0.25, 0.3) is 0 Å². The molecule has 0 fully saturated rings. The van der Waals surface area contributed by atoms with Crippen molar-refractivity contribution in [3.8, 4) is 0 Å². The average Bonchev–Trinajstić information content (AvgIpc) is 2.57. The highest BCUT2D eigenvalue weighted by Gasteiger charge is 2.21. The average molecular weight is 444 g/mol. The van der Waals surface area contributed by atoms with Crippen LogP contribution >= 0.6 is 58.0 Å². The molecule has 0 aliphatic carbocycles. The maximum atomic E-state index is 12.0. The number of ether oxygens (including phenoxy) is 1. The first-order valence-electron chi connectivity index (χ1n) is 6.42. The Bertz CT molecular complexity index is 860. The van der Waals surface area contributed by atoms with Crippen molar-refractivity contribution in [1.29, 1.82) is 0 Å². The SMILES string of the molecule is Nc1c(Cl)c(Cl)nc(C(=O)OCC(=O)Nc2cc(Cl)ccc2Cl)c1Cl. The molecule has 6 nitrogen and oxygen atoms in total. The number of nitrogens with zero attached hydrogens (tertiary/aromatic N) is 1. The number of hydrogen-bond donors (Lipinski definition) is 2. The fourth-order valence-electron chi connectivity index (χ4n) is 1.65. The molecule has 0 aliphatic rings. The highest BCUT2D eigenvalue weighted by molar-refractivity contribution is 6.46. The quantitative estimate of drug-likeness (QED) is 0.526. The van der Waals surface area contributed by atoms with Gasteiger partial charge in [0.1, 0.15) is 5.02 Å². The molecule has 132 valence electrons. The monoisotopic (exact) mass is 441 g/mol. The Kier molecular flexibility index (Phi) is 6.59. The number of esters is 1. The van der Waals surface area contributed by atoms with Crippen LogP contribution in [0.5, 0.6) is 0 Å². The Hall–Kier alpha value is -1.44. The molecule has 0 aliphatic heterocycles. The van der Waals surface area contributed by atoms with Gasteiger partial charge >= 0.3 is 5.97 Å². The van der Waals surface area contributed by atoms with Gasteiger partial charge in [-0.25, -0.2) is 9.78 Å². The van der Waals surface area contributed by atoms with Crippen molar-refractivity contribution < 1.29 is 14.3 Å². The topological polar surface area (TPSA) is 94.3 Å². The highest BCUT2D eigenvalue weighted by Crippen LogP contribution is 2.34. The zero-order valence-corrected chi connectivity index (χ0v) is 15.9. The van der Waals surface area contributed by atoms with Crippen LogP contribution in [0.2, 0.25) is 25.2 Å². The molecule has 11 heteroatoms. The van der Waals surface area contributed by atoms with Crippen molar-refractivity contribution in [2.75, 3.05) is 17.7 Å². The number of amides is 1. The number of carbonyl (C=O) groups is 2. The second-order valence-electron chi connectivity index (χ2n) is 4.54. The van der Waals surface area contributed by atoms with Gasteiger partial charge in [-0.05, 0) is 18.2 Å². The first-order valence-corrected chi connectivity index (χ1v) is 8.31. The van der Waals surface area contributed by atoms with E-state index in [1.54, 1.807) is 6.07 Å². The van der Waals surface area contributed by atoms with E-state index in [2.05, 4.69) is 10.3 Å². The smallest absolute Gasteiger partial charge is 0.359 e. The van der Waals surface area contributed by atoms with Gasteiger partial charge < -0.3 is 15.8 Å². The second kappa shape index (κ2) is 8.29. The number of nitrogen functional groups attached to an aromatic ring is 1. The summed E-state index contributed by atoms with van der Waals surface area (Å²) in [5.74, 6) is -1.65. The predicted molar refractivity (Wildman–Crippen MR) is 99.1 cm³/mol. The van der Waals surface area contributed by atoms with Crippen LogP contribution in [0.15, 0.2) is 18.2 Å². The fraction of sp³-hybridized carbons (Fsp3) is 0.0714. The minimum absolute atomic E-state index is 0.0865. The van der Waals surface area contributed by atoms with Crippen LogP contribution in [0.1, 0.15) is 10.5 Å². The molecule has 2 aromatic rings. The lowest BCUT2D eigenvalue weighted by Crippen LogP contribution is -2.22. The number of nitrogens with one attached hydrogen (secondary N) is 1. The summed E-state index contributed by atoms with van der Waals surface area (Å²) in [6.07, 6.45) is 0. The van der Waals surface area contributed by atoms with Gasteiger partial charge in [0.15, 0.2) is 17.5 Å². The number of anilines is 2. The summed E-state index contributed by atoms with van der Waals surface area (Å²) in [4.78, 5) is 27.6. The normalized spacial score (nSPS) is 10.4. The number of benzene rings is 1. The van der Waals surface area contributed by atoms with E-state index in [1.165, 1.54) is 12.1 Å². The molecular weight excluding hydrogens is 435 g/mol. The Morgan fingerprint density at radius 1 is 1.12 bits per heavy atom. The number of halogens is 5. The number of aromatic nitrogens is 1. The van der Waals surface area contributed by atoms with Crippen molar-refractivity contribution in [3.63, 3.8) is 0 Å². The number of rotatable bonds is 4. The molecule has 0 bridgehead atoms. The number of carbonyl (C=O) groups excluding carboxylic acids is 2. The molecule has 1 aromatic carbocycles. The molecule has 25 heavy (non-hydrogen) atoms. The summed E-state index contributed by atoms with van der Waals surface area (Å²) in [6, 6.07) is 4.51. The van der Waals surface area contributed by atoms with Crippen molar-refractivity contribution >= 4 is 81.3 Å². The van der Waals surface area contributed by atoms with E-state index in [-0.39, 0.29) is 37.3 Å². The van der Waals surface area contributed by atoms with Crippen LogP contribution in [0.3, 0.4) is 0 Å². The largest absolute Gasteiger partial charge is 0.451 e. The summed E-state index contributed by atoms with van der Waals surface area (Å²) in [5.41, 5.74) is 5.40. The van der Waals surface area contributed by atoms with E-state index in [0.29, 0.717) is 5.02 Å². The van der Waals surface area contributed by atoms with E-state index in [1.807, 2.05) is 0 Å². The third kappa shape index (κ3) is 4.80. The van der Waals surface area contributed by atoms with Crippen molar-refractivity contribution in [2.24, 2.45) is 0 Å². The lowest BCUT2D eigenvalue weighted by atomic mass is 10.3. The Balaban J connectivity index is 2.05. The lowest BCUT2D eigenvalue weighted by Gasteiger charge is -2.10. The van der Waals surface area contributed by atoms with Crippen molar-refractivity contribution in [1.82, 2.24) is 4.98 Å². The molecule has 0 saturated carbocycles. The lowest BCUT2D eigenvalue weighted by molar-refractivity contribution is -0.119. The molecular formula is C14H8Cl5N3O3. The standard InChI is InChI=1S/C14H8Cl5N3O3/c15-5-1-2-6(16)7(3-5)21-8(23)4-25-14(24)12-9(17)11(20)10(18)13(19)22-12/h1-3H,4H2,(H2,20,22)(H,21,23). The van der Waals surface area contributed by atoms with Gasteiger partial charge in [-0.2, -0.15) is 0 Å². The van der Waals surface area contributed by atoms with Crippen molar-refractivity contribution in [2.45, 2.75) is 0 Å². The van der Waals surface area contributed by atoms with Gasteiger partial charge in [0.05, 0.1) is 21.4 Å². The van der Waals surface area contributed by atoms with Gasteiger partial charge in [0.2, 0.25) is 0 Å². The van der Waals surface area contributed by atoms with Crippen LogP contribution in [-0.2, 0) is 9.53 Å². The van der Waals surface area contributed by atoms with E-state index in [9.17, 15) is 9.59 Å². The molecule has 3 N–H and O–H groups in total. The minimum Gasteiger partial charge on any atom is -0.451 e. The second-order valence-corrected chi connectivity index (χ2v) is 6.50. The third-order valence-corrected chi connectivity index (χ3v) is 4.50. The zero-order valence-electron chi connectivity index (χ0n) is 12.1. The Labute approximate surface area is 167 Å². The van der Waals surface area contributed by atoms with E-state index >= 15 is 0 Å². The van der Waals surface area contributed by atoms with Crippen LogP contribution in [-0.4, -0.2) is 23.5 Å². The van der Waals surface area contributed by atoms with Gasteiger partial charge in [-0.3, -0.25) is 4.79 Å². The van der Waals surface area contributed by atoms with Crippen LogP contribution in [0, 0.1) is 0 Å². The molecule has 1 amide bonds. The summed E-state index contributed by atoms with van der Waals surface area (Å²) < 4.78 is 4.83. The van der Waals surface area contributed by atoms with Gasteiger partial charge in [-0.1, -0.05) is 58.0 Å². The Morgan fingerprint density at radius 3 is 2.48 bits per heavy atom. The highest BCUT2D eigenvalue weighted by atomic mass is 35.5. The zero-order chi connectivity index (χ0) is 18.7. The first kappa shape index (κ1) is 19.9. The molecule has 1 heterocycles. The maximum absolute atomic E-state index is 12.0. The first-order chi connectivity index (χ1) is 11.7. The fourth-order valence-corrected chi connectivity index (χ4v) is 2.57. The minimum atomic E-state index is -0.998. The van der Waals surface area contributed by atoms with Gasteiger partial charge in [0, 0.05) is 5.02 Å². The molecule has 0 saturated heterocycles. The molecule has 0 spiro atoms. The number of hydrogen-bond acceptors (Lipinski definition) is 5. The molecule has 1 aromatic heterocycles. The number of pyridine rings is 1. The van der Waals surface area contributed by atoms with E-state index < -0.39 is 18.5 Å². The van der Waals surface area contributed by atoms with Crippen LogP contribution in [0.4, 0.5) is 11.4 Å².